The van der Waals surface area contributed by atoms with Crippen molar-refractivity contribution in [3.63, 3.8) is 0 Å². The molecule has 1 aromatic rings. The summed E-state index contributed by atoms with van der Waals surface area (Å²) in [4.78, 5) is 2.31. The molecule has 0 aliphatic carbocycles. The van der Waals surface area contributed by atoms with Crippen molar-refractivity contribution in [3.05, 3.63) is 35.9 Å². The molecule has 0 bridgehead atoms. The molecule has 0 heterocycles. The quantitative estimate of drug-likeness (QED) is 0.778. The first-order valence-electron chi connectivity index (χ1n) is 7.82. The van der Waals surface area contributed by atoms with Crippen molar-refractivity contribution < 1.29 is 5.11 Å². The van der Waals surface area contributed by atoms with Crippen molar-refractivity contribution in [1.29, 1.82) is 0 Å². The molecule has 2 nitrogen and oxygen atoms in total. The van der Waals surface area contributed by atoms with Crippen LogP contribution in [0.25, 0.3) is 0 Å². The lowest BCUT2D eigenvalue weighted by atomic mass is 9.92. The first-order chi connectivity index (χ1) is 9.40. The van der Waals surface area contributed by atoms with E-state index in [1.165, 1.54) is 5.56 Å². The fourth-order valence-electron chi connectivity index (χ4n) is 2.74. The summed E-state index contributed by atoms with van der Waals surface area (Å²) in [5, 5.41) is 10.5. The Morgan fingerprint density at radius 2 is 1.50 bits per heavy atom. The molecule has 0 aliphatic heterocycles. The van der Waals surface area contributed by atoms with Gasteiger partial charge < -0.3 is 5.11 Å². The van der Waals surface area contributed by atoms with Crippen molar-refractivity contribution in [2.75, 3.05) is 7.05 Å². The van der Waals surface area contributed by atoms with E-state index in [4.69, 9.17) is 0 Å². The Morgan fingerprint density at radius 1 is 0.950 bits per heavy atom. The molecule has 0 radical (unpaired) electrons. The molecule has 0 saturated heterocycles. The van der Waals surface area contributed by atoms with Crippen molar-refractivity contribution in [1.82, 2.24) is 4.90 Å². The maximum atomic E-state index is 10.5. The summed E-state index contributed by atoms with van der Waals surface area (Å²) in [5.41, 5.74) is 1.31. The van der Waals surface area contributed by atoms with Crippen molar-refractivity contribution in [3.8, 4) is 0 Å². The third-order valence-corrected chi connectivity index (χ3v) is 3.71. The van der Waals surface area contributed by atoms with Crippen LogP contribution in [-0.2, 0) is 6.54 Å². The fourth-order valence-corrected chi connectivity index (χ4v) is 2.74. The van der Waals surface area contributed by atoms with Gasteiger partial charge in [-0.3, -0.25) is 4.90 Å². The van der Waals surface area contributed by atoms with Gasteiger partial charge in [0.1, 0.15) is 0 Å². The van der Waals surface area contributed by atoms with Crippen LogP contribution in [0.3, 0.4) is 0 Å². The third-order valence-electron chi connectivity index (χ3n) is 3.71. The van der Waals surface area contributed by atoms with E-state index in [0.29, 0.717) is 11.8 Å². The normalized spacial score (nSPS) is 15.1. The zero-order valence-electron chi connectivity index (χ0n) is 13.7. The molecule has 1 N–H and O–H groups in total. The highest BCUT2D eigenvalue weighted by molar-refractivity contribution is 5.14. The molecular formula is C18H31NO. The molecule has 0 unspecified atom stereocenters. The number of likely N-dealkylation sites (N-methyl/N-ethyl adjacent to an activating group) is 1. The standard InChI is InChI=1S/C18H31NO/c1-14(2)11-17(18(20)12-15(3)4)19(5)13-16-9-7-6-8-10-16/h6-10,14-15,17-18,20H,11-13H2,1-5H3/t17-,18+/m1/s1. The number of hydrogen-bond donors (Lipinski definition) is 1. The lowest BCUT2D eigenvalue weighted by Gasteiger charge is -2.34. The summed E-state index contributed by atoms with van der Waals surface area (Å²) >= 11 is 0. The van der Waals surface area contributed by atoms with Gasteiger partial charge in [0.05, 0.1) is 6.10 Å². The van der Waals surface area contributed by atoms with Crippen LogP contribution in [0.15, 0.2) is 30.3 Å². The Hall–Kier alpha value is -0.860. The van der Waals surface area contributed by atoms with E-state index in [0.717, 1.165) is 19.4 Å². The Morgan fingerprint density at radius 3 is 2.00 bits per heavy atom. The minimum Gasteiger partial charge on any atom is -0.391 e. The molecule has 2 heteroatoms. The largest absolute Gasteiger partial charge is 0.391 e. The predicted molar refractivity (Wildman–Crippen MR) is 86.6 cm³/mol. The predicted octanol–water partition coefficient (Wildman–Crippen LogP) is 3.94. The number of benzene rings is 1. The van der Waals surface area contributed by atoms with Crippen LogP contribution in [0, 0.1) is 11.8 Å². The Labute approximate surface area is 124 Å². The zero-order chi connectivity index (χ0) is 15.1. The minimum atomic E-state index is -0.244. The SMILES string of the molecule is CC(C)C[C@H]([C@@H](O)CC(C)C)N(C)Cc1ccccc1. The molecule has 0 amide bonds. The molecule has 2 atom stereocenters. The van der Waals surface area contributed by atoms with Gasteiger partial charge in [-0.15, -0.1) is 0 Å². The molecule has 0 spiro atoms. The first kappa shape index (κ1) is 17.2. The Bertz CT molecular complexity index is 361. The van der Waals surface area contributed by atoms with E-state index in [9.17, 15) is 5.11 Å². The fraction of sp³-hybridized carbons (Fsp3) is 0.667. The van der Waals surface area contributed by atoms with Gasteiger partial charge in [0.25, 0.3) is 0 Å². The maximum Gasteiger partial charge on any atom is 0.0697 e. The van der Waals surface area contributed by atoms with E-state index < -0.39 is 0 Å². The second-order valence-corrected chi connectivity index (χ2v) is 6.79. The van der Waals surface area contributed by atoms with Gasteiger partial charge in [-0.05, 0) is 37.3 Å². The first-order valence-corrected chi connectivity index (χ1v) is 7.82. The number of rotatable bonds is 8. The highest BCUT2D eigenvalue weighted by Gasteiger charge is 2.25. The molecule has 1 aromatic carbocycles. The minimum absolute atomic E-state index is 0.234. The van der Waals surface area contributed by atoms with E-state index in [2.05, 4.69) is 63.9 Å². The summed E-state index contributed by atoms with van der Waals surface area (Å²) in [6.07, 6.45) is 1.67. The lowest BCUT2D eigenvalue weighted by Crippen LogP contribution is -2.42. The van der Waals surface area contributed by atoms with Gasteiger partial charge in [-0.25, -0.2) is 0 Å². The third kappa shape index (κ3) is 6.06. The highest BCUT2D eigenvalue weighted by atomic mass is 16.3. The van der Waals surface area contributed by atoms with Crippen LogP contribution in [0.4, 0.5) is 0 Å². The molecule has 0 fully saturated rings. The van der Waals surface area contributed by atoms with Gasteiger partial charge in [-0.2, -0.15) is 0 Å². The maximum absolute atomic E-state index is 10.5. The van der Waals surface area contributed by atoms with E-state index >= 15 is 0 Å². The molecular weight excluding hydrogens is 246 g/mol. The molecule has 1 rings (SSSR count). The van der Waals surface area contributed by atoms with Crippen LogP contribution < -0.4 is 0 Å². The van der Waals surface area contributed by atoms with Crippen molar-refractivity contribution >= 4 is 0 Å². The second-order valence-electron chi connectivity index (χ2n) is 6.79. The summed E-state index contributed by atoms with van der Waals surface area (Å²) in [6.45, 7) is 9.70. The topological polar surface area (TPSA) is 23.5 Å². The molecule has 0 aliphatic rings. The number of nitrogens with zero attached hydrogens (tertiary/aromatic N) is 1. The Kier molecular flexibility index (Phi) is 7.25. The lowest BCUT2D eigenvalue weighted by molar-refractivity contribution is 0.0339. The summed E-state index contributed by atoms with van der Waals surface area (Å²) in [7, 11) is 2.13. The van der Waals surface area contributed by atoms with Gasteiger partial charge in [-0.1, -0.05) is 58.0 Å². The second kappa shape index (κ2) is 8.43. The monoisotopic (exact) mass is 277 g/mol. The van der Waals surface area contributed by atoms with Crippen LogP contribution in [0.5, 0.6) is 0 Å². The van der Waals surface area contributed by atoms with Crippen LogP contribution >= 0.6 is 0 Å². The van der Waals surface area contributed by atoms with Gasteiger partial charge in [0, 0.05) is 12.6 Å². The van der Waals surface area contributed by atoms with E-state index in [-0.39, 0.29) is 12.1 Å². The van der Waals surface area contributed by atoms with Gasteiger partial charge in [0.2, 0.25) is 0 Å². The van der Waals surface area contributed by atoms with Crippen LogP contribution in [0.1, 0.15) is 46.1 Å². The number of aliphatic hydroxyl groups excluding tert-OH is 1. The Balaban J connectivity index is 2.70. The van der Waals surface area contributed by atoms with E-state index in [1.54, 1.807) is 0 Å². The average molecular weight is 277 g/mol. The van der Waals surface area contributed by atoms with E-state index in [1.807, 2.05) is 6.07 Å². The summed E-state index contributed by atoms with van der Waals surface area (Å²) < 4.78 is 0. The molecule has 114 valence electrons. The van der Waals surface area contributed by atoms with Gasteiger partial charge in [0.15, 0.2) is 0 Å². The highest BCUT2D eigenvalue weighted by Crippen LogP contribution is 2.20. The van der Waals surface area contributed by atoms with Crippen LogP contribution in [0.2, 0.25) is 0 Å². The number of hydrogen-bond acceptors (Lipinski definition) is 2. The van der Waals surface area contributed by atoms with Crippen molar-refractivity contribution in [2.24, 2.45) is 11.8 Å². The molecule has 0 saturated carbocycles. The van der Waals surface area contributed by atoms with Crippen LogP contribution in [-0.4, -0.2) is 29.2 Å². The molecule has 0 aromatic heterocycles. The average Bonchev–Trinajstić information content (AvgIpc) is 2.35. The number of aliphatic hydroxyl groups is 1. The molecule has 20 heavy (non-hydrogen) atoms. The van der Waals surface area contributed by atoms with Gasteiger partial charge >= 0.3 is 0 Å². The summed E-state index contributed by atoms with van der Waals surface area (Å²) in [6, 6.07) is 10.7. The smallest absolute Gasteiger partial charge is 0.0697 e. The summed E-state index contributed by atoms with van der Waals surface area (Å²) in [5.74, 6) is 1.13. The zero-order valence-corrected chi connectivity index (χ0v) is 13.7. The van der Waals surface area contributed by atoms with Crippen molar-refractivity contribution in [2.45, 2.75) is 59.2 Å².